The maximum atomic E-state index is 12.5. The number of unbranched alkanes of at least 4 members (excludes halogenated alkanes) is 17. The molecule has 0 bridgehead atoms. The number of nitrogens with one attached hydrogen (secondary N) is 1. The van der Waals surface area contributed by atoms with Gasteiger partial charge in [0.1, 0.15) is 0 Å². The van der Waals surface area contributed by atoms with Gasteiger partial charge < -0.3 is 15.5 Å². The average Bonchev–Trinajstić information content (AvgIpc) is 3.40. The van der Waals surface area contributed by atoms with Gasteiger partial charge in [0.15, 0.2) is 0 Å². The van der Waals surface area contributed by atoms with Crippen LogP contribution < -0.4 is 5.32 Å². The summed E-state index contributed by atoms with van der Waals surface area (Å²) in [4.78, 5) is 12.5. The van der Waals surface area contributed by atoms with Crippen LogP contribution in [-0.2, 0) is 4.79 Å². The minimum Gasteiger partial charge on any atom is -0.394 e. The molecule has 0 aromatic rings. The van der Waals surface area contributed by atoms with Crippen molar-refractivity contribution >= 4 is 5.91 Å². The molecule has 414 valence electrons. The molecule has 4 heteroatoms. The van der Waals surface area contributed by atoms with Gasteiger partial charge in [-0.3, -0.25) is 4.79 Å². The second-order valence-corrected chi connectivity index (χ2v) is 19.3. The average molecular weight is 1010 g/mol. The van der Waals surface area contributed by atoms with Crippen molar-refractivity contribution in [3.05, 3.63) is 182 Å². The fourth-order valence-corrected chi connectivity index (χ4v) is 7.84. The summed E-state index contributed by atoms with van der Waals surface area (Å²) in [5, 5.41) is 23.1. The van der Waals surface area contributed by atoms with E-state index in [1.54, 1.807) is 6.08 Å². The highest BCUT2D eigenvalue weighted by atomic mass is 16.3. The second-order valence-electron chi connectivity index (χ2n) is 19.3. The van der Waals surface area contributed by atoms with E-state index in [0.717, 1.165) is 135 Å². The fraction of sp³-hybridized carbons (Fsp3) is 0.557. The molecule has 0 aromatic carbocycles. The zero-order valence-corrected chi connectivity index (χ0v) is 47.5. The van der Waals surface area contributed by atoms with Gasteiger partial charge in [0.05, 0.1) is 18.8 Å². The lowest BCUT2D eigenvalue weighted by Gasteiger charge is -2.19. The van der Waals surface area contributed by atoms with E-state index >= 15 is 0 Å². The van der Waals surface area contributed by atoms with Crippen molar-refractivity contribution in [2.24, 2.45) is 0 Å². The third-order valence-electron chi connectivity index (χ3n) is 12.4. The summed E-state index contributed by atoms with van der Waals surface area (Å²) >= 11 is 0. The lowest BCUT2D eigenvalue weighted by Crippen LogP contribution is -2.45. The maximum Gasteiger partial charge on any atom is 0.220 e. The molecule has 0 radical (unpaired) electrons. The molecule has 0 rings (SSSR count). The number of allylic oxidation sites excluding steroid dienone is 29. The van der Waals surface area contributed by atoms with Gasteiger partial charge in [-0.05, 0) is 135 Å². The van der Waals surface area contributed by atoms with Gasteiger partial charge in [-0.2, -0.15) is 0 Å². The Morgan fingerprint density at radius 2 is 0.608 bits per heavy atom. The van der Waals surface area contributed by atoms with Crippen LogP contribution in [0.5, 0.6) is 0 Å². The molecule has 0 spiro atoms. The second kappa shape index (κ2) is 62.8. The molecule has 2 unspecified atom stereocenters. The number of amides is 1. The smallest absolute Gasteiger partial charge is 0.220 e. The van der Waals surface area contributed by atoms with Crippen LogP contribution in [0.25, 0.3) is 0 Å². The van der Waals surface area contributed by atoms with Gasteiger partial charge in [0.25, 0.3) is 0 Å². The van der Waals surface area contributed by atoms with Crippen LogP contribution in [0.1, 0.15) is 232 Å². The minimum absolute atomic E-state index is 0.110. The summed E-state index contributed by atoms with van der Waals surface area (Å²) in [5.41, 5.74) is 0. The Labute approximate surface area is 457 Å². The van der Waals surface area contributed by atoms with Crippen LogP contribution in [0.3, 0.4) is 0 Å². The topological polar surface area (TPSA) is 69.6 Å². The number of aliphatic hydroxyl groups excluding tert-OH is 2. The summed E-state index contributed by atoms with van der Waals surface area (Å²) in [7, 11) is 0. The van der Waals surface area contributed by atoms with Crippen LogP contribution in [0.2, 0.25) is 0 Å². The number of carbonyl (C=O) groups excluding carboxylic acids is 1. The predicted octanol–water partition coefficient (Wildman–Crippen LogP) is 20.5. The van der Waals surface area contributed by atoms with Crippen molar-refractivity contribution in [2.75, 3.05) is 6.61 Å². The molecule has 0 saturated heterocycles. The van der Waals surface area contributed by atoms with Crippen molar-refractivity contribution in [2.45, 2.75) is 244 Å². The molecular weight excluding hydrogens is 903 g/mol. The Kier molecular flexibility index (Phi) is 59.0. The SMILES string of the molecule is CC/C=C\C/C=C\C/C=C\C/C=C\C/C=C\C/C=C\C/C=C\C/C=C\C/C=C\C/C=C\C/C=C\C/C=C\CCCCCCC(=O)NC(CO)C(O)/C=C/CC/C=C/CC/C=C/CCCCCCCCCCCCC. The summed E-state index contributed by atoms with van der Waals surface area (Å²) < 4.78 is 0. The number of hydrogen-bond donors (Lipinski definition) is 3. The van der Waals surface area contributed by atoms with E-state index in [1.807, 2.05) is 6.08 Å². The van der Waals surface area contributed by atoms with Crippen molar-refractivity contribution in [1.29, 1.82) is 0 Å². The Bertz CT molecular complexity index is 1670. The van der Waals surface area contributed by atoms with Crippen LogP contribution in [0.15, 0.2) is 182 Å². The van der Waals surface area contributed by atoms with Gasteiger partial charge in [-0.15, -0.1) is 0 Å². The van der Waals surface area contributed by atoms with Gasteiger partial charge in [-0.1, -0.05) is 273 Å². The first-order chi connectivity index (χ1) is 36.7. The van der Waals surface area contributed by atoms with E-state index in [0.29, 0.717) is 6.42 Å². The molecule has 2 atom stereocenters. The first-order valence-corrected chi connectivity index (χ1v) is 30.0. The molecule has 0 aliphatic carbocycles. The molecule has 0 heterocycles. The number of aliphatic hydroxyl groups is 2. The lowest BCUT2D eigenvalue weighted by atomic mass is 10.1. The highest BCUT2D eigenvalue weighted by Crippen LogP contribution is 2.13. The fourth-order valence-electron chi connectivity index (χ4n) is 7.84. The Morgan fingerprint density at radius 1 is 0.338 bits per heavy atom. The quantitative estimate of drug-likeness (QED) is 0.0420. The Hall–Kier alpha value is -4.51. The van der Waals surface area contributed by atoms with Crippen molar-refractivity contribution in [3.63, 3.8) is 0 Å². The molecule has 74 heavy (non-hydrogen) atoms. The van der Waals surface area contributed by atoms with Crippen LogP contribution in [0.4, 0.5) is 0 Å². The standard InChI is InChI=1S/C70H111NO3/c1-3-5-7-9-11-13-15-17-19-21-23-25-26-27-28-29-30-31-32-33-34-35-36-37-38-39-40-41-42-43-44-46-48-50-52-54-56-58-60-62-64-66-70(74)71-68(67-72)69(73)65-63-61-59-57-55-53-51-49-47-45-24-22-20-18-16-14-12-10-8-6-4-2/h5,7,11,13,17,19,23,25,27-28,30-31,33-34,36-37,39-40,42-43,46-49,52,54-55,57,63,65,68-69,72-73H,3-4,6,8-10,12,14-16,18,20-22,24,26,29,32,35,38,41,44-45,50-51,53,56,58-62,64,66-67H2,1-2H3,(H,71,74)/b7-5-,13-11-,19-17-,25-23-,28-27-,31-30-,34-33-,37-36-,40-39-,43-42-,48-46-,49-47+,54-52-,57-55+,65-63+. The molecule has 0 aliphatic rings. The van der Waals surface area contributed by atoms with E-state index in [2.05, 4.69) is 189 Å². The summed E-state index contributed by atoms with van der Waals surface area (Å²) in [6.45, 7) is 4.16. The van der Waals surface area contributed by atoms with Crippen LogP contribution >= 0.6 is 0 Å². The molecule has 0 aromatic heterocycles. The van der Waals surface area contributed by atoms with E-state index in [-0.39, 0.29) is 12.5 Å². The molecule has 0 fully saturated rings. The minimum atomic E-state index is -0.896. The summed E-state index contributed by atoms with van der Waals surface area (Å²) in [6.07, 6.45) is 103. The monoisotopic (exact) mass is 1010 g/mol. The predicted molar refractivity (Wildman–Crippen MR) is 330 cm³/mol. The van der Waals surface area contributed by atoms with E-state index < -0.39 is 12.1 Å². The van der Waals surface area contributed by atoms with Crippen molar-refractivity contribution < 1.29 is 15.0 Å². The molecule has 1 amide bonds. The van der Waals surface area contributed by atoms with E-state index in [9.17, 15) is 15.0 Å². The van der Waals surface area contributed by atoms with Crippen LogP contribution in [0, 0.1) is 0 Å². The van der Waals surface area contributed by atoms with E-state index in [1.165, 1.54) is 77.0 Å². The molecule has 4 nitrogen and oxygen atoms in total. The number of rotatable bonds is 52. The summed E-state index contributed by atoms with van der Waals surface area (Å²) in [5.74, 6) is -0.110. The molecular formula is C70H111NO3. The summed E-state index contributed by atoms with van der Waals surface area (Å²) in [6, 6.07) is -0.674. The number of hydrogen-bond acceptors (Lipinski definition) is 3. The van der Waals surface area contributed by atoms with Gasteiger partial charge in [0, 0.05) is 6.42 Å². The van der Waals surface area contributed by atoms with Crippen molar-refractivity contribution in [1.82, 2.24) is 5.32 Å². The van der Waals surface area contributed by atoms with Gasteiger partial charge in [0.2, 0.25) is 5.91 Å². The Morgan fingerprint density at radius 3 is 0.946 bits per heavy atom. The first kappa shape index (κ1) is 69.5. The largest absolute Gasteiger partial charge is 0.394 e. The molecule has 3 N–H and O–H groups in total. The highest BCUT2D eigenvalue weighted by molar-refractivity contribution is 5.76. The molecule has 0 saturated carbocycles. The molecule has 0 aliphatic heterocycles. The number of carbonyl (C=O) groups is 1. The zero-order chi connectivity index (χ0) is 53.4. The maximum absolute atomic E-state index is 12.5. The first-order valence-electron chi connectivity index (χ1n) is 30.0. The normalized spacial score (nSPS) is 14.2. The van der Waals surface area contributed by atoms with Crippen LogP contribution in [-0.4, -0.2) is 34.9 Å². The third kappa shape index (κ3) is 58.4. The van der Waals surface area contributed by atoms with E-state index in [4.69, 9.17) is 0 Å². The van der Waals surface area contributed by atoms with Crippen molar-refractivity contribution in [3.8, 4) is 0 Å². The third-order valence-corrected chi connectivity index (χ3v) is 12.4. The Balaban J connectivity index is 3.75. The van der Waals surface area contributed by atoms with Gasteiger partial charge >= 0.3 is 0 Å². The van der Waals surface area contributed by atoms with Gasteiger partial charge in [-0.25, -0.2) is 0 Å². The highest BCUT2D eigenvalue weighted by Gasteiger charge is 2.17. The zero-order valence-electron chi connectivity index (χ0n) is 47.5. The lowest BCUT2D eigenvalue weighted by molar-refractivity contribution is -0.123.